The fraction of sp³-hybridized carbons (Fsp3) is 0.267. The lowest BCUT2D eigenvalue weighted by atomic mass is 10.1. The second-order valence-corrected chi connectivity index (χ2v) is 5.14. The highest BCUT2D eigenvalue weighted by molar-refractivity contribution is 5.96. The number of carboxylic acid groups (broad SMARTS) is 1. The number of aryl methyl sites for hydroxylation is 1. The van der Waals surface area contributed by atoms with E-state index in [1.54, 1.807) is 0 Å². The Kier molecular flexibility index (Phi) is 5.40. The Balaban J connectivity index is 2.29. The maximum Gasteiger partial charge on any atom is 0.381 e. The Bertz CT molecular complexity index is 875. The second-order valence-electron chi connectivity index (χ2n) is 5.14. The predicted molar refractivity (Wildman–Crippen MR) is 88.8 cm³/mol. The molecule has 26 heavy (non-hydrogen) atoms. The zero-order valence-corrected chi connectivity index (χ0v) is 14.2. The van der Waals surface area contributed by atoms with Crippen molar-refractivity contribution in [1.82, 2.24) is 9.55 Å². The third kappa shape index (κ3) is 3.88. The lowest BCUT2D eigenvalue weighted by molar-refractivity contribution is -0.389. The van der Waals surface area contributed by atoms with Crippen LogP contribution in [0.1, 0.15) is 16.2 Å². The number of carbonyl (C=O) groups excluding carboxylic acids is 1. The first-order valence-corrected chi connectivity index (χ1v) is 7.24. The molecule has 138 valence electrons. The summed E-state index contributed by atoms with van der Waals surface area (Å²) in [6, 6.07) is 2.49. The summed E-state index contributed by atoms with van der Waals surface area (Å²) < 4.78 is 11.6. The van der Waals surface area contributed by atoms with Crippen molar-refractivity contribution in [3.63, 3.8) is 0 Å². The minimum absolute atomic E-state index is 0.0986. The van der Waals surface area contributed by atoms with Crippen LogP contribution in [0.25, 0.3) is 0 Å². The van der Waals surface area contributed by atoms with Gasteiger partial charge in [-0.3, -0.25) is 9.36 Å². The highest BCUT2D eigenvalue weighted by Gasteiger charge is 2.20. The summed E-state index contributed by atoms with van der Waals surface area (Å²) in [4.78, 5) is 37.3. The topological polar surface area (TPSA) is 146 Å². The summed E-state index contributed by atoms with van der Waals surface area (Å²) in [5, 5.41) is 22.4. The molecule has 0 aliphatic rings. The first-order valence-electron chi connectivity index (χ1n) is 7.24. The van der Waals surface area contributed by atoms with Crippen LogP contribution in [-0.2, 0) is 11.3 Å². The van der Waals surface area contributed by atoms with E-state index in [4.69, 9.17) is 14.6 Å². The number of carboxylic acids is 1. The number of imidazole rings is 1. The Morgan fingerprint density at radius 2 is 2.04 bits per heavy atom. The molecule has 0 spiro atoms. The van der Waals surface area contributed by atoms with E-state index in [1.165, 1.54) is 37.8 Å². The van der Waals surface area contributed by atoms with Crippen LogP contribution in [-0.4, -0.2) is 45.7 Å². The van der Waals surface area contributed by atoms with Crippen molar-refractivity contribution in [2.45, 2.75) is 13.5 Å². The molecule has 2 N–H and O–H groups in total. The normalized spacial score (nSPS) is 10.3. The van der Waals surface area contributed by atoms with E-state index in [2.05, 4.69) is 10.3 Å². The fourth-order valence-electron chi connectivity index (χ4n) is 2.26. The molecule has 1 amide bonds. The number of ether oxygens (including phenoxy) is 2. The van der Waals surface area contributed by atoms with E-state index in [0.29, 0.717) is 0 Å². The molecule has 2 aromatic rings. The van der Waals surface area contributed by atoms with Gasteiger partial charge in [0.1, 0.15) is 12.7 Å². The minimum atomic E-state index is -1.21. The van der Waals surface area contributed by atoms with Crippen LogP contribution in [0.2, 0.25) is 0 Å². The van der Waals surface area contributed by atoms with Gasteiger partial charge in [-0.1, -0.05) is 0 Å². The molecule has 2 rings (SSSR count). The molecule has 1 heterocycles. The third-order valence-corrected chi connectivity index (χ3v) is 3.46. The van der Waals surface area contributed by atoms with Crippen LogP contribution in [0.15, 0.2) is 18.3 Å². The average Bonchev–Trinajstić information content (AvgIpc) is 2.94. The molecule has 1 aromatic heterocycles. The highest BCUT2D eigenvalue weighted by atomic mass is 16.6. The molecular formula is C15H16N4O7. The molecule has 0 saturated heterocycles. The number of amides is 1. The molecule has 0 fully saturated rings. The number of nitrogens with zero attached hydrogens (tertiary/aromatic N) is 3. The summed E-state index contributed by atoms with van der Waals surface area (Å²) in [5.74, 6) is -1.56. The molecule has 0 unspecified atom stereocenters. The van der Waals surface area contributed by atoms with Crippen LogP contribution < -0.4 is 14.8 Å². The van der Waals surface area contributed by atoms with Gasteiger partial charge in [0.2, 0.25) is 11.7 Å². The van der Waals surface area contributed by atoms with Gasteiger partial charge >= 0.3 is 11.8 Å². The zero-order valence-electron chi connectivity index (χ0n) is 14.2. The van der Waals surface area contributed by atoms with Crippen LogP contribution in [0, 0.1) is 17.0 Å². The fourth-order valence-corrected chi connectivity index (χ4v) is 2.26. The molecule has 0 saturated carbocycles. The number of aromatic nitrogens is 2. The van der Waals surface area contributed by atoms with Gasteiger partial charge in [0.25, 0.3) is 0 Å². The van der Waals surface area contributed by atoms with Crippen molar-refractivity contribution in [2.75, 3.05) is 19.5 Å². The zero-order chi connectivity index (χ0) is 19.4. The quantitative estimate of drug-likeness (QED) is 0.554. The predicted octanol–water partition coefficient (Wildman–Crippen LogP) is 1.45. The summed E-state index contributed by atoms with van der Waals surface area (Å²) in [7, 11) is 2.68. The molecule has 0 aliphatic carbocycles. The molecule has 0 radical (unpaired) electrons. The Morgan fingerprint density at radius 1 is 1.35 bits per heavy atom. The van der Waals surface area contributed by atoms with Gasteiger partial charge in [-0.05, 0) is 22.0 Å². The largest absolute Gasteiger partial charge is 0.493 e. The van der Waals surface area contributed by atoms with Crippen molar-refractivity contribution < 1.29 is 29.1 Å². The van der Waals surface area contributed by atoms with Crippen molar-refractivity contribution in [2.24, 2.45) is 0 Å². The number of benzene rings is 1. The Labute approximate surface area is 147 Å². The van der Waals surface area contributed by atoms with Gasteiger partial charge in [0.15, 0.2) is 11.5 Å². The van der Waals surface area contributed by atoms with Gasteiger partial charge in [-0.15, -0.1) is 0 Å². The number of nitro groups is 1. The summed E-state index contributed by atoms with van der Waals surface area (Å²) in [6.07, 6.45) is 1.14. The number of anilines is 1. The van der Waals surface area contributed by atoms with E-state index in [9.17, 15) is 19.7 Å². The van der Waals surface area contributed by atoms with E-state index in [0.717, 1.165) is 6.20 Å². The van der Waals surface area contributed by atoms with Gasteiger partial charge < -0.3 is 30.0 Å². The maximum absolute atomic E-state index is 12.3. The number of nitrogens with one attached hydrogen (secondary N) is 1. The number of aromatic carboxylic acids is 1. The van der Waals surface area contributed by atoms with Gasteiger partial charge in [0.05, 0.1) is 25.5 Å². The number of hydrogen-bond acceptors (Lipinski definition) is 7. The van der Waals surface area contributed by atoms with Crippen molar-refractivity contribution in [3.8, 4) is 11.5 Å². The third-order valence-electron chi connectivity index (χ3n) is 3.46. The first kappa shape index (κ1) is 18.7. The number of carbonyl (C=O) groups is 2. The Morgan fingerprint density at radius 3 is 2.54 bits per heavy atom. The molecular weight excluding hydrogens is 348 g/mol. The van der Waals surface area contributed by atoms with Gasteiger partial charge in [-0.25, -0.2) is 4.79 Å². The summed E-state index contributed by atoms with van der Waals surface area (Å²) in [6.45, 7) is 1.27. The molecule has 11 nitrogen and oxygen atoms in total. The Hall–Kier alpha value is -3.63. The van der Waals surface area contributed by atoms with E-state index >= 15 is 0 Å². The van der Waals surface area contributed by atoms with Crippen LogP contribution in [0.5, 0.6) is 11.5 Å². The average molecular weight is 364 g/mol. The van der Waals surface area contributed by atoms with E-state index in [-0.39, 0.29) is 40.9 Å². The molecule has 0 bridgehead atoms. The SMILES string of the molecule is COc1cc(C(=O)O)cc(NC(=O)Cn2cc([N+](=O)[O-])nc2C)c1OC. The van der Waals surface area contributed by atoms with Crippen molar-refractivity contribution in [3.05, 3.63) is 39.8 Å². The van der Waals surface area contributed by atoms with Crippen molar-refractivity contribution >= 4 is 23.4 Å². The molecule has 0 atom stereocenters. The van der Waals surface area contributed by atoms with E-state index in [1.807, 2.05) is 0 Å². The van der Waals surface area contributed by atoms with Crippen LogP contribution in [0.4, 0.5) is 11.5 Å². The van der Waals surface area contributed by atoms with Gasteiger partial charge in [0, 0.05) is 6.92 Å². The second kappa shape index (κ2) is 7.51. The first-order chi connectivity index (χ1) is 12.3. The smallest absolute Gasteiger partial charge is 0.381 e. The standard InChI is InChI=1S/C15H16N4O7/c1-8-16-12(19(23)24)6-18(8)7-13(20)17-10-4-9(15(21)22)5-11(25-2)14(10)26-3/h4-6H,7H2,1-3H3,(H,17,20)(H,21,22). The molecule has 0 aliphatic heterocycles. The summed E-state index contributed by atoms with van der Waals surface area (Å²) in [5.41, 5.74) is -0.00563. The number of rotatable bonds is 7. The maximum atomic E-state index is 12.3. The lowest BCUT2D eigenvalue weighted by Crippen LogP contribution is -2.20. The van der Waals surface area contributed by atoms with E-state index < -0.39 is 16.8 Å². The van der Waals surface area contributed by atoms with Gasteiger partial charge in [-0.2, -0.15) is 0 Å². The monoisotopic (exact) mass is 364 g/mol. The molecule has 11 heteroatoms. The molecule has 1 aromatic carbocycles. The highest BCUT2D eigenvalue weighted by Crippen LogP contribution is 2.36. The van der Waals surface area contributed by atoms with Crippen LogP contribution in [0.3, 0.4) is 0 Å². The number of hydrogen-bond donors (Lipinski definition) is 2. The van der Waals surface area contributed by atoms with Crippen molar-refractivity contribution in [1.29, 1.82) is 0 Å². The minimum Gasteiger partial charge on any atom is -0.493 e. The lowest BCUT2D eigenvalue weighted by Gasteiger charge is -2.15. The number of methoxy groups -OCH3 is 2. The summed E-state index contributed by atoms with van der Waals surface area (Å²) >= 11 is 0. The van der Waals surface area contributed by atoms with Crippen LogP contribution >= 0.6 is 0 Å².